The third-order valence-corrected chi connectivity index (χ3v) is 1.55. The van der Waals surface area contributed by atoms with E-state index in [-0.39, 0.29) is 10.4 Å². The second-order valence-corrected chi connectivity index (χ2v) is 2.49. The van der Waals surface area contributed by atoms with Crippen LogP contribution in [-0.4, -0.2) is 25.4 Å². The van der Waals surface area contributed by atoms with Crippen molar-refractivity contribution >= 4 is 34.4 Å². The summed E-state index contributed by atoms with van der Waals surface area (Å²) in [4.78, 5) is 7.46. The first-order valence-corrected chi connectivity index (χ1v) is 3.43. The third-order valence-electron chi connectivity index (χ3n) is 1.12. The number of H-pyrrole nitrogens is 1. The van der Waals surface area contributed by atoms with E-state index in [0.717, 1.165) is 0 Å². The average Bonchev–Trinajstić information content (AvgIpc) is 2.34. The van der Waals surface area contributed by atoms with Crippen molar-refractivity contribution in [2.45, 2.75) is 0 Å². The molecule has 0 radical (unpaired) electrons. The zero-order chi connectivity index (χ0) is 7.84. The minimum atomic E-state index is 0.0774. The van der Waals surface area contributed by atoms with Crippen molar-refractivity contribution in [3.63, 3.8) is 0 Å². The number of rotatable bonds is 0. The molecule has 0 unspecified atom stereocenters. The van der Waals surface area contributed by atoms with Gasteiger partial charge in [0.2, 0.25) is 5.28 Å². The number of hydrogen-bond donors (Lipinski definition) is 1. The van der Waals surface area contributed by atoms with Crippen molar-refractivity contribution in [3.05, 3.63) is 10.4 Å². The number of nitrogens with one attached hydrogen (secondary N) is 1. The Balaban J connectivity index is 2.91. The van der Waals surface area contributed by atoms with Crippen molar-refractivity contribution in [3.8, 4) is 0 Å². The van der Waals surface area contributed by atoms with Gasteiger partial charge in [0.05, 0.1) is 0 Å². The van der Waals surface area contributed by atoms with E-state index >= 15 is 0 Å². The second kappa shape index (κ2) is 2.28. The maximum absolute atomic E-state index is 5.65. The number of hydrogen-bond acceptors (Lipinski definition) is 4. The lowest BCUT2D eigenvalue weighted by atomic mass is 10.6. The van der Waals surface area contributed by atoms with Gasteiger partial charge in [0, 0.05) is 0 Å². The van der Waals surface area contributed by atoms with Crippen LogP contribution in [0, 0.1) is 0 Å². The Morgan fingerprint density at radius 1 is 1.18 bits per heavy atom. The van der Waals surface area contributed by atoms with E-state index in [1.807, 2.05) is 0 Å². The fraction of sp³-hybridized carbons (Fsp3) is 0. The maximum Gasteiger partial charge on any atom is 0.225 e. The van der Waals surface area contributed by atoms with Crippen LogP contribution < -0.4 is 0 Å². The summed E-state index contributed by atoms with van der Waals surface area (Å²) < 4.78 is 0. The van der Waals surface area contributed by atoms with Crippen LogP contribution >= 0.6 is 23.2 Å². The molecule has 5 nitrogen and oxygen atoms in total. The fourth-order valence-corrected chi connectivity index (χ4v) is 1.11. The summed E-state index contributed by atoms with van der Waals surface area (Å²) in [6, 6.07) is 0. The standard InChI is InChI=1S/C4HCl2N5/c5-2-1-3(10-11-9-1)8-4(6)7-2/h(H,7,8,9,10,11). The molecule has 2 heterocycles. The Morgan fingerprint density at radius 3 is 2.82 bits per heavy atom. The molecule has 0 bridgehead atoms. The number of aromatic nitrogens is 5. The van der Waals surface area contributed by atoms with Gasteiger partial charge in [-0.25, -0.2) is 10.1 Å². The number of aromatic amines is 1. The lowest BCUT2D eigenvalue weighted by molar-refractivity contribution is 0.954. The first-order chi connectivity index (χ1) is 5.27. The SMILES string of the molecule is Clc1nc(Cl)c2nn[nH]c2n1. The van der Waals surface area contributed by atoms with Crippen molar-refractivity contribution < 1.29 is 0 Å². The molecule has 0 aliphatic rings. The minimum Gasteiger partial charge on any atom is -0.240 e. The largest absolute Gasteiger partial charge is 0.240 e. The Hall–Kier alpha value is -0.940. The van der Waals surface area contributed by atoms with Crippen molar-refractivity contribution in [2.75, 3.05) is 0 Å². The second-order valence-electron chi connectivity index (χ2n) is 1.79. The summed E-state index contributed by atoms with van der Waals surface area (Å²) in [6.07, 6.45) is 0. The molecule has 2 aromatic rings. The summed E-state index contributed by atoms with van der Waals surface area (Å²) in [6.45, 7) is 0. The van der Waals surface area contributed by atoms with Gasteiger partial charge in [-0.05, 0) is 11.6 Å². The molecule has 0 aliphatic heterocycles. The first kappa shape index (κ1) is 6.75. The summed E-state index contributed by atoms with van der Waals surface area (Å²) in [5, 5.41) is 9.92. The molecular formula is C4HCl2N5. The van der Waals surface area contributed by atoms with E-state index in [0.29, 0.717) is 11.2 Å². The van der Waals surface area contributed by atoms with E-state index in [1.165, 1.54) is 0 Å². The predicted molar refractivity (Wildman–Crippen MR) is 39.5 cm³/mol. The highest BCUT2D eigenvalue weighted by atomic mass is 35.5. The van der Waals surface area contributed by atoms with Crippen molar-refractivity contribution in [1.82, 2.24) is 25.4 Å². The maximum atomic E-state index is 5.65. The van der Waals surface area contributed by atoms with Gasteiger partial charge in [-0.2, -0.15) is 4.98 Å². The van der Waals surface area contributed by atoms with Crippen LogP contribution in [0.5, 0.6) is 0 Å². The van der Waals surface area contributed by atoms with Gasteiger partial charge in [0.25, 0.3) is 0 Å². The van der Waals surface area contributed by atoms with Crippen LogP contribution in [0.3, 0.4) is 0 Å². The van der Waals surface area contributed by atoms with E-state index in [2.05, 4.69) is 25.4 Å². The lowest BCUT2D eigenvalue weighted by Crippen LogP contribution is -1.84. The van der Waals surface area contributed by atoms with E-state index in [1.54, 1.807) is 0 Å². The molecule has 2 rings (SSSR count). The summed E-state index contributed by atoms with van der Waals surface area (Å²) in [5.74, 6) is 0. The molecule has 0 aromatic carbocycles. The van der Waals surface area contributed by atoms with Crippen LogP contribution in [0.4, 0.5) is 0 Å². The molecule has 0 saturated carbocycles. The molecule has 0 atom stereocenters. The zero-order valence-electron chi connectivity index (χ0n) is 5.04. The zero-order valence-corrected chi connectivity index (χ0v) is 6.56. The molecule has 0 fully saturated rings. The number of nitrogens with zero attached hydrogens (tertiary/aromatic N) is 4. The van der Waals surface area contributed by atoms with Gasteiger partial charge >= 0.3 is 0 Å². The molecular weight excluding hydrogens is 189 g/mol. The summed E-state index contributed by atoms with van der Waals surface area (Å²) in [7, 11) is 0. The van der Waals surface area contributed by atoms with Gasteiger partial charge in [-0.1, -0.05) is 16.8 Å². The van der Waals surface area contributed by atoms with Gasteiger partial charge < -0.3 is 0 Å². The lowest BCUT2D eigenvalue weighted by Gasteiger charge is -1.89. The van der Waals surface area contributed by atoms with Gasteiger partial charge in [-0.15, -0.1) is 5.10 Å². The normalized spacial score (nSPS) is 10.7. The third kappa shape index (κ3) is 1.02. The van der Waals surface area contributed by atoms with Gasteiger partial charge in [0.15, 0.2) is 16.3 Å². The molecule has 0 amide bonds. The Labute approximate surface area is 70.7 Å². The number of fused-ring (bicyclic) bond motifs is 1. The average molecular weight is 190 g/mol. The van der Waals surface area contributed by atoms with Gasteiger partial charge in [0.1, 0.15) is 0 Å². The minimum absolute atomic E-state index is 0.0774. The highest BCUT2D eigenvalue weighted by molar-refractivity contribution is 6.35. The van der Waals surface area contributed by atoms with Crippen molar-refractivity contribution in [2.24, 2.45) is 0 Å². The van der Waals surface area contributed by atoms with Crippen LogP contribution in [0.2, 0.25) is 10.4 Å². The van der Waals surface area contributed by atoms with E-state index < -0.39 is 0 Å². The van der Waals surface area contributed by atoms with Crippen LogP contribution in [0.1, 0.15) is 0 Å². The molecule has 0 saturated heterocycles. The number of halogens is 2. The quantitative estimate of drug-likeness (QED) is 0.498. The fourth-order valence-electron chi connectivity index (χ4n) is 0.691. The molecule has 11 heavy (non-hydrogen) atoms. The summed E-state index contributed by atoms with van der Waals surface area (Å²) in [5.41, 5.74) is 0.867. The smallest absolute Gasteiger partial charge is 0.225 e. The molecule has 2 aromatic heterocycles. The molecule has 1 N–H and O–H groups in total. The van der Waals surface area contributed by atoms with Crippen molar-refractivity contribution in [1.29, 1.82) is 0 Å². The summed E-state index contributed by atoms with van der Waals surface area (Å²) >= 11 is 11.1. The highest BCUT2D eigenvalue weighted by Crippen LogP contribution is 2.16. The van der Waals surface area contributed by atoms with Crippen LogP contribution in [-0.2, 0) is 0 Å². The molecule has 0 aliphatic carbocycles. The molecule has 0 spiro atoms. The topological polar surface area (TPSA) is 67.3 Å². The Morgan fingerprint density at radius 2 is 2.00 bits per heavy atom. The monoisotopic (exact) mass is 189 g/mol. The Bertz CT molecular complexity index is 396. The predicted octanol–water partition coefficient (Wildman–Crippen LogP) is 1.05. The highest BCUT2D eigenvalue weighted by Gasteiger charge is 2.06. The Kier molecular flexibility index (Phi) is 1.40. The molecule has 56 valence electrons. The van der Waals surface area contributed by atoms with E-state index in [9.17, 15) is 0 Å². The van der Waals surface area contributed by atoms with Crippen LogP contribution in [0.25, 0.3) is 11.2 Å². The van der Waals surface area contributed by atoms with Gasteiger partial charge in [-0.3, -0.25) is 0 Å². The van der Waals surface area contributed by atoms with Crippen LogP contribution in [0.15, 0.2) is 0 Å². The molecule has 7 heteroatoms. The first-order valence-electron chi connectivity index (χ1n) is 2.67. The van der Waals surface area contributed by atoms with E-state index in [4.69, 9.17) is 23.2 Å².